The van der Waals surface area contributed by atoms with Crippen LogP contribution in [0.15, 0.2) is 24.3 Å². The molecule has 2 aliphatic rings. The largest absolute Gasteiger partial charge is 0.468 e. The number of likely N-dealkylation sites (N-methyl/N-ethyl adjacent to an activating group) is 1. The minimum absolute atomic E-state index is 0.0974. The van der Waals surface area contributed by atoms with Crippen LogP contribution in [0.2, 0.25) is 0 Å². The quantitative estimate of drug-likeness (QED) is 0.673. The minimum Gasteiger partial charge on any atom is -0.468 e. The van der Waals surface area contributed by atoms with Gasteiger partial charge in [-0.1, -0.05) is 32.9 Å². The van der Waals surface area contributed by atoms with Crippen molar-refractivity contribution in [3.05, 3.63) is 35.4 Å². The molecule has 3 amide bonds. The maximum Gasteiger partial charge on any atom is 0.325 e. The van der Waals surface area contributed by atoms with Gasteiger partial charge in [0.1, 0.15) is 6.54 Å². The zero-order chi connectivity index (χ0) is 23.0. The molecule has 0 N–H and O–H groups in total. The first-order chi connectivity index (χ1) is 14.4. The first-order valence-electron chi connectivity index (χ1n) is 10.9. The van der Waals surface area contributed by atoms with Crippen molar-refractivity contribution in [3.8, 4) is 0 Å². The van der Waals surface area contributed by atoms with Gasteiger partial charge in [0.05, 0.1) is 7.11 Å². The molecule has 2 fully saturated rings. The highest BCUT2D eigenvalue weighted by Gasteiger charge is 2.51. The van der Waals surface area contributed by atoms with Crippen LogP contribution in [0.4, 0.5) is 4.79 Å². The SMILES string of the molecule is COC(=O)CN(C)C(=O)N(C)Cc1ccc(C(=O)N2CC3(C)CC2CC(C)(C)C3)cc1. The Morgan fingerprint density at radius 2 is 1.71 bits per heavy atom. The Hall–Kier alpha value is -2.57. The maximum absolute atomic E-state index is 13.2. The normalized spacial score (nSPS) is 23.9. The summed E-state index contributed by atoms with van der Waals surface area (Å²) in [5.74, 6) is -0.365. The van der Waals surface area contributed by atoms with Gasteiger partial charge in [-0.25, -0.2) is 4.79 Å². The van der Waals surface area contributed by atoms with Crippen LogP contribution in [0.3, 0.4) is 0 Å². The van der Waals surface area contributed by atoms with Crippen molar-refractivity contribution in [2.24, 2.45) is 10.8 Å². The minimum atomic E-state index is -0.462. The molecule has 1 saturated heterocycles. The average molecular weight is 430 g/mol. The molecule has 0 radical (unpaired) electrons. The number of nitrogens with zero attached hydrogens (tertiary/aromatic N) is 3. The molecule has 1 saturated carbocycles. The van der Waals surface area contributed by atoms with Gasteiger partial charge in [-0.3, -0.25) is 9.59 Å². The molecule has 1 aliphatic heterocycles. The summed E-state index contributed by atoms with van der Waals surface area (Å²) in [7, 11) is 4.54. The van der Waals surface area contributed by atoms with E-state index in [2.05, 4.69) is 30.4 Å². The summed E-state index contributed by atoms with van der Waals surface area (Å²) in [4.78, 5) is 41.9. The monoisotopic (exact) mass is 429 g/mol. The number of benzene rings is 1. The van der Waals surface area contributed by atoms with Crippen LogP contribution >= 0.6 is 0 Å². The van der Waals surface area contributed by atoms with Gasteiger partial charge >= 0.3 is 12.0 Å². The molecular formula is C24H35N3O4. The lowest BCUT2D eigenvalue weighted by Crippen LogP contribution is -2.41. The van der Waals surface area contributed by atoms with E-state index in [1.54, 1.807) is 14.1 Å². The van der Waals surface area contributed by atoms with Crippen LogP contribution in [0.5, 0.6) is 0 Å². The van der Waals surface area contributed by atoms with E-state index >= 15 is 0 Å². The van der Waals surface area contributed by atoms with Gasteiger partial charge in [0.15, 0.2) is 0 Å². The van der Waals surface area contributed by atoms with E-state index in [1.165, 1.54) is 16.9 Å². The first-order valence-corrected chi connectivity index (χ1v) is 10.9. The Bertz CT molecular complexity index is 851. The van der Waals surface area contributed by atoms with E-state index in [9.17, 15) is 14.4 Å². The molecule has 1 aromatic rings. The van der Waals surface area contributed by atoms with Crippen LogP contribution in [-0.2, 0) is 16.1 Å². The molecule has 0 spiro atoms. The van der Waals surface area contributed by atoms with Gasteiger partial charge in [-0.15, -0.1) is 0 Å². The number of amides is 3. The summed E-state index contributed by atoms with van der Waals surface area (Å²) >= 11 is 0. The van der Waals surface area contributed by atoms with Crippen LogP contribution in [0.25, 0.3) is 0 Å². The summed E-state index contributed by atoms with van der Waals surface area (Å²) in [6.07, 6.45) is 3.30. The lowest BCUT2D eigenvalue weighted by molar-refractivity contribution is -0.141. The van der Waals surface area contributed by atoms with Gasteiger partial charge in [-0.05, 0) is 47.8 Å². The van der Waals surface area contributed by atoms with E-state index < -0.39 is 5.97 Å². The van der Waals surface area contributed by atoms with Gasteiger partial charge in [0.2, 0.25) is 0 Å². The summed E-state index contributed by atoms with van der Waals surface area (Å²) in [6.45, 7) is 8.03. The zero-order valence-electron chi connectivity index (χ0n) is 19.6. The highest BCUT2D eigenvalue weighted by Crippen LogP contribution is 2.52. The van der Waals surface area contributed by atoms with E-state index in [4.69, 9.17) is 0 Å². The molecule has 0 aromatic heterocycles. The Balaban J connectivity index is 1.62. The fourth-order valence-electron chi connectivity index (χ4n) is 5.57. The molecule has 7 heteroatoms. The Labute approximate surface area is 185 Å². The predicted octanol–water partition coefficient (Wildman–Crippen LogP) is 3.38. The number of methoxy groups -OCH3 is 1. The lowest BCUT2D eigenvalue weighted by Gasteiger charge is -2.39. The van der Waals surface area contributed by atoms with E-state index in [0.29, 0.717) is 18.2 Å². The summed E-state index contributed by atoms with van der Waals surface area (Å²) in [5, 5.41) is 0. The van der Waals surface area contributed by atoms with E-state index in [-0.39, 0.29) is 29.3 Å². The van der Waals surface area contributed by atoms with Crippen LogP contribution in [0, 0.1) is 10.8 Å². The molecule has 1 aliphatic carbocycles. The lowest BCUT2D eigenvalue weighted by atomic mass is 9.65. The number of carbonyl (C=O) groups is 3. The Morgan fingerprint density at radius 1 is 1.06 bits per heavy atom. The molecule has 7 nitrogen and oxygen atoms in total. The number of rotatable bonds is 5. The smallest absolute Gasteiger partial charge is 0.325 e. The number of likely N-dealkylation sites (tertiary alicyclic amines) is 1. The first kappa shape index (κ1) is 23.1. The van der Waals surface area contributed by atoms with Crippen molar-refractivity contribution in [2.75, 3.05) is 34.3 Å². The summed E-state index contributed by atoms with van der Waals surface area (Å²) in [6, 6.07) is 7.53. The predicted molar refractivity (Wildman–Crippen MR) is 119 cm³/mol. The standard InChI is InChI=1S/C24H35N3O4/c1-23(2)11-19-12-24(3,15-23)16-27(19)21(29)18-9-7-17(8-10-18)13-25(4)22(30)26(5)14-20(28)31-6/h7-10,19H,11-16H2,1-6H3. The molecule has 31 heavy (non-hydrogen) atoms. The van der Waals surface area contributed by atoms with Crippen molar-refractivity contribution in [1.29, 1.82) is 0 Å². The number of esters is 1. The summed E-state index contributed by atoms with van der Waals surface area (Å²) < 4.78 is 4.60. The van der Waals surface area contributed by atoms with Crippen molar-refractivity contribution in [2.45, 2.75) is 52.6 Å². The van der Waals surface area contributed by atoms with Crippen LogP contribution in [-0.4, -0.2) is 72.9 Å². The van der Waals surface area contributed by atoms with E-state index in [0.717, 1.165) is 31.4 Å². The third-order valence-electron chi connectivity index (χ3n) is 6.54. The van der Waals surface area contributed by atoms with Crippen LogP contribution < -0.4 is 0 Å². The molecule has 2 bridgehead atoms. The molecule has 3 rings (SSSR count). The second kappa shape index (κ2) is 8.52. The van der Waals surface area contributed by atoms with Gasteiger partial charge in [-0.2, -0.15) is 0 Å². The second-order valence-corrected chi connectivity index (χ2v) is 10.4. The average Bonchev–Trinajstić information content (AvgIpc) is 2.95. The van der Waals surface area contributed by atoms with Crippen molar-refractivity contribution < 1.29 is 19.1 Å². The number of fused-ring (bicyclic) bond motifs is 2. The Kier molecular flexibility index (Phi) is 6.35. The number of hydrogen-bond donors (Lipinski definition) is 0. The maximum atomic E-state index is 13.2. The van der Waals surface area contributed by atoms with Gasteiger partial charge in [0.25, 0.3) is 5.91 Å². The van der Waals surface area contributed by atoms with Gasteiger partial charge in [0, 0.05) is 38.8 Å². The number of urea groups is 1. The fourth-order valence-corrected chi connectivity index (χ4v) is 5.57. The number of carbonyl (C=O) groups excluding carboxylic acids is 3. The summed E-state index contributed by atoms with van der Waals surface area (Å²) in [5.41, 5.74) is 2.09. The van der Waals surface area contributed by atoms with Gasteiger partial charge < -0.3 is 19.4 Å². The van der Waals surface area contributed by atoms with Crippen molar-refractivity contribution >= 4 is 17.9 Å². The fraction of sp³-hybridized carbons (Fsp3) is 0.625. The third kappa shape index (κ3) is 5.20. The highest BCUT2D eigenvalue weighted by atomic mass is 16.5. The number of hydrogen-bond acceptors (Lipinski definition) is 4. The molecule has 2 atom stereocenters. The van der Waals surface area contributed by atoms with Crippen molar-refractivity contribution in [1.82, 2.24) is 14.7 Å². The third-order valence-corrected chi connectivity index (χ3v) is 6.54. The number of ether oxygens (including phenoxy) is 1. The molecule has 170 valence electrons. The van der Waals surface area contributed by atoms with Crippen molar-refractivity contribution in [3.63, 3.8) is 0 Å². The Morgan fingerprint density at radius 3 is 2.32 bits per heavy atom. The molecule has 2 unspecified atom stereocenters. The van der Waals surface area contributed by atoms with E-state index in [1.807, 2.05) is 24.3 Å². The highest BCUT2D eigenvalue weighted by molar-refractivity contribution is 5.94. The second-order valence-electron chi connectivity index (χ2n) is 10.4. The topological polar surface area (TPSA) is 70.2 Å². The molecule has 1 heterocycles. The zero-order valence-corrected chi connectivity index (χ0v) is 19.6. The van der Waals surface area contributed by atoms with Crippen LogP contribution in [0.1, 0.15) is 56.0 Å². The molecule has 1 aromatic carbocycles. The molecular weight excluding hydrogens is 394 g/mol.